The number of nitrogens with zero attached hydrogens (tertiary/aromatic N) is 3. The second-order valence-corrected chi connectivity index (χ2v) is 15.8. The third-order valence-electron chi connectivity index (χ3n) is 11.1. The molecule has 0 spiro atoms. The molecular formula is C35H45FN4O4S. The molecule has 242 valence electrons. The number of rotatable bonds is 9. The van der Waals surface area contributed by atoms with Crippen LogP contribution < -0.4 is 10.2 Å². The Morgan fingerprint density at radius 2 is 1.73 bits per heavy atom. The molecule has 4 aliphatic rings. The minimum Gasteiger partial charge on any atom is -0.453 e. The highest BCUT2D eigenvalue weighted by Gasteiger charge is 2.52. The second kappa shape index (κ2) is 13.3. The summed E-state index contributed by atoms with van der Waals surface area (Å²) in [7, 11) is -1.89. The van der Waals surface area contributed by atoms with E-state index in [0.717, 1.165) is 96.2 Å². The standard InChI is InChI=1S/C35H45FN4O4S/c1-44-34(41)38-33-11-5-10-32(33)35(24-37,27-6-4-7-28(36)20-27)26-16-18-39(19-17-26)21-25-22-40(23-25)29-12-14-31(15-13-29)45(42,43)30-8-2-3-9-30/h4,6-7,12-15,20,25-26,30,32-33H,2-3,5,8-11,16-19,21-23H2,1H3,(H,38,41)/t32-,33-,35-/m0/s1. The molecule has 0 radical (unpaired) electrons. The van der Waals surface area contributed by atoms with Crippen molar-refractivity contribution in [3.8, 4) is 6.07 Å². The van der Waals surface area contributed by atoms with Crippen LogP contribution in [0.15, 0.2) is 53.4 Å². The third-order valence-corrected chi connectivity index (χ3v) is 13.3. The van der Waals surface area contributed by atoms with Crippen molar-refractivity contribution in [2.45, 2.75) is 79.4 Å². The van der Waals surface area contributed by atoms with Gasteiger partial charge in [-0.3, -0.25) is 0 Å². The molecule has 2 aliphatic heterocycles. The quantitative estimate of drug-likeness (QED) is 0.378. The summed E-state index contributed by atoms with van der Waals surface area (Å²) < 4.78 is 45.3. The number of amides is 1. The molecule has 0 aromatic heterocycles. The zero-order chi connectivity index (χ0) is 31.6. The number of hydrogen-bond acceptors (Lipinski definition) is 7. The molecule has 8 nitrogen and oxygen atoms in total. The van der Waals surface area contributed by atoms with E-state index < -0.39 is 21.3 Å². The molecule has 0 bridgehead atoms. The molecule has 3 atom stereocenters. The molecule has 2 saturated carbocycles. The topological polar surface area (TPSA) is 103 Å². The molecule has 6 rings (SSSR count). The summed E-state index contributed by atoms with van der Waals surface area (Å²) in [5, 5.41) is 13.6. The van der Waals surface area contributed by atoms with Gasteiger partial charge in [-0.05, 0) is 99.5 Å². The number of carbonyl (C=O) groups excluding carboxylic acids is 1. The summed E-state index contributed by atoms with van der Waals surface area (Å²) in [6.45, 7) is 4.59. The Kier molecular flexibility index (Phi) is 9.39. The average Bonchev–Trinajstić information content (AvgIpc) is 3.74. The Bertz CT molecular complexity index is 1490. The van der Waals surface area contributed by atoms with Gasteiger partial charge in [-0.1, -0.05) is 31.4 Å². The molecule has 4 fully saturated rings. The first-order valence-electron chi connectivity index (χ1n) is 16.6. The molecule has 2 aromatic rings. The van der Waals surface area contributed by atoms with Crippen LogP contribution in [0, 0.1) is 34.9 Å². The van der Waals surface area contributed by atoms with Crippen molar-refractivity contribution in [3.63, 3.8) is 0 Å². The van der Waals surface area contributed by atoms with Crippen molar-refractivity contribution in [2.24, 2.45) is 17.8 Å². The van der Waals surface area contributed by atoms with E-state index in [9.17, 15) is 22.9 Å². The van der Waals surface area contributed by atoms with Crippen LogP contribution in [0.3, 0.4) is 0 Å². The number of piperidine rings is 1. The van der Waals surface area contributed by atoms with Crippen molar-refractivity contribution in [2.75, 3.05) is 44.7 Å². The molecule has 2 aliphatic carbocycles. The summed E-state index contributed by atoms with van der Waals surface area (Å²) in [5.41, 5.74) is 0.876. The van der Waals surface area contributed by atoms with Crippen LogP contribution in [-0.4, -0.2) is 70.5 Å². The smallest absolute Gasteiger partial charge is 0.407 e. The number of methoxy groups -OCH3 is 1. The summed E-state index contributed by atoms with van der Waals surface area (Å²) in [6.07, 6.45) is 7.17. The van der Waals surface area contributed by atoms with E-state index in [0.29, 0.717) is 16.4 Å². The van der Waals surface area contributed by atoms with Crippen LogP contribution in [0.1, 0.15) is 63.4 Å². The number of alkyl carbamates (subject to hydrolysis) is 1. The fourth-order valence-electron chi connectivity index (χ4n) is 8.70. The zero-order valence-electron chi connectivity index (χ0n) is 26.2. The summed E-state index contributed by atoms with van der Waals surface area (Å²) in [5.74, 6) is 0.0951. The van der Waals surface area contributed by atoms with Gasteiger partial charge >= 0.3 is 6.09 Å². The van der Waals surface area contributed by atoms with Crippen molar-refractivity contribution < 1.29 is 22.3 Å². The molecule has 2 saturated heterocycles. The van der Waals surface area contributed by atoms with Crippen LogP contribution >= 0.6 is 0 Å². The van der Waals surface area contributed by atoms with Crippen molar-refractivity contribution in [1.82, 2.24) is 10.2 Å². The van der Waals surface area contributed by atoms with Crippen LogP contribution in [0.4, 0.5) is 14.9 Å². The van der Waals surface area contributed by atoms with E-state index in [1.165, 1.54) is 19.2 Å². The van der Waals surface area contributed by atoms with Crippen LogP contribution in [0.2, 0.25) is 0 Å². The number of nitriles is 1. The fourth-order valence-corrected chi connectivity index (χ4v) is 10.5. The highest BCUT2D eigenvalue weighted by atomic mass is 32.2. The van der Waals surface area contributed by atoms with Gasteiger partial charge in [0.05, 0.1) is 28.7 Å². The number of sulfone groups is 1. The lowest BCUT2D eigenvalue weighted by molar-refractivity contribution is 0.0938. The van der Waals surface area contributed by atoms with Gasteiger partial charge in [0.1, 0.15) is 5.82 Å². The largest absolute Gasteiger partial charge is 0.453 e. The lowest BCUT2D eigenvalue weighted by atomic mass is 9.59. The Morgan fingerprint density at radius 1 is 1.02 bits per heavy atom. The number of anilines is 1. The Morgan fingerprint density at radius 3 is 2.38 bits per heavy atom. The van der Waals surface area contributed by atoms with E-state index in [4.69, 9.17) is 4.74 Å². The highest BCUT2D eigenvalue weighted by molar-refractivity contribution is 7.92. The number of ether oxygens (including phenoxy) is 1. The summed E-state index contributed by atoms with van der Waals surface area (Å²) in [4.78, 5) is 17.4. The van der Waals surface area contributed by atoms with Gasteiger partial charge < -0.3 is 19.9 Å². The first kappa shape index (κ1) is 31.8. The van der Waals surface area contributed by atoms with Gasteiger partial charge in [-0.2, -0.15) is 5.26 Å². The van der Waals surface area contributed by atoms with Crippen molar-refractivity contribution >= 4 is 21.6 Å². The van der Waals surface area contributed by atoms with Gasteiger partial charge in [0.15, 0.2) is 9.84 Å². The minimum atomic E-state index is -3.24. The average molecular weight is 637 g/mol. The first-order valence-corrected chi connectivity index (χ1v) is 18.1. The lowest BCUT2D eigenvalue weighted by Crippen LogP contribution is -2.55. The Hall–Kier alpha value is -3.16. The first-order chi connectivity index (χ1) is 21.7. The normalized spacial score (nSPS) is 25.0. The van der Waals surface area contributed by atoms with Crippen LogP contribution in [0.25, 0.3) is 0 Å². The molecule has 0 unspecified atom stereocenters. The molecule has 2 aromatic carbocycles. The molecule has 1 N–H and O–H groups in total. The zero-order valence-corrected chi connectivity index (χ0v) is 27.0. The maximum Gasteiger partial charge on any atom is 0.407 e. The number of halogens is 1. The van der Waals surface area contributed by atoms with Gasteiger partial charge in [-0.25, -0.2) is 17.6 Å². The molecular weight excluding hydrogens is 591 g/mol. The van der Waals surface area contributed by atoms with Gasteiger partial charge in [-0.15, -0.1) is 0 Å². The van der Waals surface area contributed by atoms with E-state index in [-0.39, 0.29) is 28.9 Å². The van der Waals surface area contributed by atoms with E-state index in [1.54, 1.807) is 18.2 Å². The van der Waals surface area contributed by atoms with Crippen molar-refractivity contribution in [1.29, 1.82) is 5.26 Å². The number of benzene rings is 2. The predicted molar refractivity (Wildman–Crippen MR) is 171 cm³/mol. The van der Waals surface area contributed by atoms with Crippen LogP contribution in [-0.2, 0) is 20.0 Å². The number of likely N-dealkylation sites (tertiary alicyclic amines) is 1. The molecule has 1 amide bonds. The molecule has 45 heavy (non-hydrogen) atoms. The number of nitrogens with one attached hydrogen (secondary N) is 1. The Labute approximate surface area is 266 Å². The van der Waals surface area contributed by atoms with E-state index >= 15 is 0 Å². The molecule has 2 heterocycles. The number of carbonyl (C=O) groups is 1. The monoisotopic (exact) mass is 636 g/mol. The predicted octanol–water partition coefficient (Wildman–Crippen LogP) is 5.68. The maximum absolute atomic E-state index is 14.6. The fraction of sp³-hybridized carbons (Fsp3) is 0.600. The lowest BCUT2D eigenvalue weighted by Gasteiger charge is -2.48. The highest BCUT2D eigenvalue weighted by Crippen LogP contribution is 2.50. The van der Waals surface area contributed by atoms with Gasteiger partial charge in [0.25, 0.3) is 0 Å². The summed E-state index contributed by atoms with van der Waals surface area (Å²) >= 11 is 0. The number of hydrogen-bond donors (Lipinski definition) is 1. The third kappa shape index (κ3) is 6.31. The summed E-state index contributed by atoms with van der Waals surface area (Å²) in [6, 6.07) is 16.5. The SMILES string of the molecule is COC(=O)N[C@H]1CCC[C@@H]1[C@](C#N)(c1cccc(F)c1)C1CCN(CC2CN(c3ccc(S(=O)(=O)C4CCCC4)cc3)C2)CC1. The van der Waals surface area contributed by atoms with E-state index in [1.807, 2.05) is 18.2 Å². The van der Waals surface area contributed by atoms with Gasteiger partial charge in [0.2, 0.25) is 0 Å². The van der Waals surface area contributed by atoms with Crippen molar-refractivity contribution in [3.05, 3.63) is 59.9 Å². The van der Waals surface area contributed by atoms with Gasteiger partial charge in [0, 0.05) is 43.2 Å². The van der Waals surface area contributed by atoms with Crippen LogP contribution in [0.5, 0.6) is 0 Å². The minimum absolute atomic E-state index is 0.0440. The Balaban J connectivity index is 1.07. The second-order valence-electron chi connectivity index (χ2n) is 13.6. The molecule has 10 heteroatoms. The van der Waals surface area contributed by atoms with E-state index in [2.05, 4.69) is 21.2 Å². The maximum atomic E-state index is 14.6.